The van der Waals surface area contributed by atoms with E-state index in [4.69, 9.17) is 4.74 Å². The van der Waals surface area contributed by atoms with Gasteiger partial charge in [0, 0.05) is 19.3 Å². The van der Waals surface area contributed by atoms with E-state index in [1.165, 1.54) is 6.42 Å². The molecule has 0 aromatic carbocycles. The second-order valence-corrected chi connectivity index (χ2v) is 4.66. The lowest BCUT2D eigenvalue weighted by atomic mass is 10.0. The van der Waals surface area contributed by atoms with Gasteiger partial charge >= 0.3 is 5.97 Å². The molecule has 5 heteroatoms. The molecule has 98 valence electrons. The fraction of sp³-hybridized carbons (Fsp3) is 0.615. The molecule has 0 radical (unpaired) electrons. The third kappa shape index (κ3) is 2.97. The molecule has 1 aromatic heterocycles. The summed E-state index contributed by atoms with van der Waals surface area (Å²) in [5, 5.41) is 0. The van der Waals surface area contributed by atoms with Crippen molar-refractivity contribution in [1.29, 1.82) is 0 Å². The Balaban J connectivity index is 2.13. The third-order valence-electron chi connectivity index (χ3n) is 3.07. The van der Waals surface area contributed by atoms with Gasteiger partial charge in [0.2, 0.25) is 5.95 Å². The largest absolute Gasteiger partial charge is 0.461 e. The first kappa shape index (κ1) is 12.8. The Kier molecular flexibility index (Phi) is 4.12. The van der Waals surface area contributed by atoms with Gasteiger partial charge in [-0.3, -0.25) is 0 Å². The van der Waals surface area contributed by atoms with Crippen LogP contribution in [0.15, 0.2) is 12.3 Å². The first-order valence-corrected chi connectivity index (χ1v) is 6.45. The first-order chi connectivity index (χ1) is 8.70. The highest BCUT2D eigenvalue weighted by molar-refractivity contribution is 5.87. The summed E-state index contributed by atoms with van der Waals surface area (Å²) in [5.41, 5.74) is 0.333. The van der Waals surface area contributed by atoms with Crippen LogP contribution >= 0.6 is 0 Å². The molecule has 1 unspecified atom stereocenters. The van der Waals surface area contributed by atoms with E-state index >= 15 is 0 Å². The van der Waals surface area contributed by atoms with E-state index in [0.717, 1.165) is 19.5 Å². The quantitative estimate of drug-likeness (QED) is 0.766. The second kappa shape index (κ2) is 5.80. The fourth-order valence-corrected chi connectivity index (χ4v) is 2.19. The Morgan fingerprint density at radius 2 is 2.44 bits per heavy atom. The number of anilines is 1. The smallest absolute Gasteiger partial charge is 0.357 e. The molecule has 1 saturated heterocycles. The predicted octanol–water partition coefficient (Wildman–Crippen LogP) is 1.89. The maximum Gasteiger partial charge on any atom is 0.357 e. The van der Waals surface area contributed by atoms with E-state index in [1.54, 1.807) is 19.2 Å². The van der Waals surface area contributed by atoms with Crippen molar-refractivity contribution < 1.29 is 9.53 Å². The lowest BCUT2D eigenvalue weighted by Gasteiger charge is -2.30. The van der Waals surface area contributed by atoms with Gasteiger partial charge in [-0.25, -0.2) is 14.8 Å². The topological polar surface area (TPSA) is 55.3 Å². The lowest BCUT2D eigenvalue weighted by molar-refractivity contribution is 0.0519. The molecule has 2 heterocycles. The second-order valence-electron chi connectivity index (χ2n) is 4.66. The summed E-state index contributed by atoms with van der Waals surface area (Å²) in [4.78, 5) is 22.3. The molecule has 0 N–H and O–H groups in total. The van der Waals surface area contributed by atoms with Crippen LogP contribution in [0.1, 0.15) is 37.2 Å². The summed E-state index contributed by atoms with van der Waals surface area (Å²) in [7, 11) is 0. The monoisotopic (exact) mass is 249 g/mol. The van der Waals surface area contributed by atoms with Crippen molar-refractivity contribution in [3.8, 4) is 0 Å². The molecule has 1 fully saturated rings. The number of ether oxygens (including phenoxy) is 1. The first-order valence-electron chi connectivity index (χ1n) is 6.45. The highest BCUT2D eigenvalue weighted by atomic mass is 16.5. The van der Waals surface area contributed by atoms with Crippen molar-refractivity contribution in [3.63, 3.8) is 0 Å². The van der Waals surface area contributed by atoms with Gasteiger partial charge in [-0.15, -0.1) is 0 Å². The van der Waals surface area contributed by atoms with Crippen molar-refractivity contribution in [1.82, 2.24) is 9.97 Å². The predicted molar refractivity (Wildman–Crippen MR) is 68.6 cm³/mol. The molecule has 1 aliphatic heterocycles. The van der Waals surface area contributed by atoms with Crippen molar-refractivity contribution in [2.24, 2.45) is 5.92 Å². The van der Waals surface area contributed by atoms with E-state index < -0.39 is 0 Å². The molecule has 0 aliphatic carbocycles. The van der Waals surface area contributed by atoms with Gasteiger partial charge in [-0.05, 0) is 31.7 Å². The van der Waals surface area contributed by atoms with Gasteiger partial charge < -0.3 is 9.64 Å². The summed E-state index contributed by atoms with van der Waals surface area (Å²) in [6.45, 7) is 6.27. The summed E-state index contributed by atoms with van der Waals surface area (Å²) >= 11 is 0. The SMILES string of the molecule is CCOC(=O)c1ccnc(N2CCCC(C)C2)n1. The Morgan fingerprint density at radius 3 is 3.17 bits per heavy atom. The molecule has 1 aromatic rings. The van der Waals surface area contributed by atoms with Crippen LogP contribution in [-0.2, 0) is 4.74 Å². The minimum Gasteiger partial charge on any atom is -0.461 e. The Hall–Kier alpha value is -1.65. The van der Waals surface area contributed by atoms with Crippen LogP contribution in [0.3, 0.4) is 0 Å². The van der Waals surface area contributed by atoms with Crippen molar-refractivity contribution in [3.05, 3.63) is 18.0 Å². The van der Waals surface area contributed by atoms with Crippen LogP contribution in [0.25, 0.3) is 0 Å². The molecule has 18 heavy (non-hydrogen) atoms. The molecule has 1 aliphatic rings. The average Bonchev–Trinajstić information content (AvgIpc) is 2.39. The maximum absolute atomic E-state index is 11.6. The molecule has 0 saturated carbocycles. The Labute approximate surface area is 107 Å². The average molecular weight is 249 g/mol. The number of esters is 1. The van der Waals surface area contributed by atoms with E-state index in [2.05, 4.69) is 21.8 Å². The third-order valence-corrected chi connectivity index (χ3v) is 3.07. The normalized spacial score (nSPS) is 19.7. The Bertz CT molecular complexity index is 422. The summed E-state index contributed by atoms with van der Waals surface area (Å²) in [6.07, 6.45) is 4.01. The zero-order valence-electron chi connectivity index (χ0n) is 10.9. The summed E-state index contributed by atoms with van der Waals surface area (Å²) in [6, 6.07) is 1.59. The highest BCUT2D eigenvalue weighted by Gasteiger charge is 2.19. The van der Waals surface area contributed by atoms with Gasteiger partial charge in [-0.2, -0.15) is 0 Å². The van der Waals surface area contributed by atoms with Crippen LogP contribution in [-0.4, -0.2) is 35.6 Å². The van der Waals surface area contributed by atoms with Crippen molar-refractivity contribution in [2.45, 2.75) is 26.7 Å². The molecule has 2 rings (SSSR count). The van der Waals surface area contributed by atoms with Crippen LogP contribution in [0.5, 0.6) is 0 Å². The molecule has 1 atom stereocenters. The van der Waals surface area contributed by atoms with Gasteiger partial charge in [0.15, 0.2) is 5.69 Å². The van der Waals surface area contributed by atoms with Crippen LogP contribution < -0.4 is 4.90 Å². The number of piperidine rings is 1. The van der Waals surface area contributed by atoms with Crippen LogP contribution in [0, 0.1) is 5.92 Å². The molecular formula is C13H19N3O2. The minimum atomic E-state index is -0.383. The fourth-order valence-electron chi connectivity index (χ4n) is 2.19. The zero-order chi connectivity index (χ0) is 13.0. The molecule has 0 amide bonds. The lowest BCUT2D eigenvalue weighted by Crippen LogP contribution is -2.35. The molecule has 0 spiro atoms. The number of carbonyl (C=O) groups excluding carboxylic acids is 1. The number of hydrogen-bond acceptors (Lipinski definition) is 5. The number of aromatic nitrogens is 2. The standard InChI is InChI=1S/C13H19N3O2/c1-3-18-12(17)11-6-7-14-13(15-11)16-8-4-5-10(2)9-16/h6-7,10H,3-5,8-9H2,1-2H3. The van der Waals surface area contributed by atoms with E-state index in [9.17, 15) is 4.79 Å². The van der Waals surface area contributed by atoms with E-state index in [0.29, 0.717) is 24.2 Å². The van der Waals surface area contributed by atoms with Gasteiger partial charge in [0.05, 0.1) is 6.61 Å². The number of nitrogens with zero attached hydrogens (tertiary/aromatic N) is 3. The summed E-state index contributed by atoms with van der Waals surface area (Å²) in [5.74, 6) is 0.895. The van der Waals surface area contributed by atoms with Crippen molar-refractivity contribution in [2.75, 3.05) is 24.6 Å². The van der Waals surface area contributed by atoms with Gasteiger partial charge in [-0.1, -0.05) is 6.92 Å². The van der Waals surface area contributed by atoms with Crippen LogP contribution in [0.2, 0.25) is 0 Å². The maximum atomic E-state index is 11.6. The molecule has 0 bridgehead atoms. The molecule has 5 nitrogen and oxygen atoms in total. The minimum absolute atomic E-state index is 0.333. The Morgan fingerprint density at radius 1 is 1.61 bits per heavy atom. The number of rotatable bonds is 3. The van der Waals surface area contributed by atoms with Crippen LogP contribution in [0.4, 0.5) is 5.95 Å². The molecular weight excluding hydrogens is 230 g/mol. The van der Waals surface area contributed by atoms with E-state index in [1.807, 2.05) is 0 Å². The number of carbonyl (C=O) groups is 1. The number of hydrogen-bond donors (Lipinski definition) is 0. The van der Waals surface area contributed by atoms with E-state index in [-0.39, 0.29) is 5.97 Å². The van der Waals surface area contributed by atoms with Crippen molar-refractivity contribution >= 4 is 11.9 Å². The zero-order valence-corrected chi connectivity index (χ0v) is 10.9. The van der Waals surface area contributed by atoms with Gasteiger partial charge in [0.25, 0.3) is 0 Å². The highest BCUT2D eigenvalue weighted by Crippen LogP contribution is 2.19. The van der Waals surface area contributed by atoms with Gasteiger partial charge in [0.1, 0.15) is 0 Å². The summed E-state index contributed by atoms with van der Waals surface area (Å²) < 4.78 is 4.94.